The number of aliphatic imine (C=N–C) groups is 1. The lowest BCUT2D eigenvalue weighted by molar-refractivity contribution is -0.135. The Morgan fingerprint density at radius 1 is 1.53 bits per heavy atom. The van der Waals surface area contributed by atoms with Crippen molar-refractivity contribution >= 4 is 17.5 Å². The van der Waals surface area contributed by atoms with Crippen LogP contribution < -0.4 is 5.32 Å². The topological polar surface area (TPSA) is 61.7 Å². The first-order chi connectivity index (χ1) is 8.93. The number of amidine groups is 1. The fourth-order valence-electron chi connectivity index (χ4n) is 1.54. The molecule has 0 heterocycles. The van der Waals surface area contributed by atoms with Crippen LogP contribution in [0.25, 0.3) is 5.70 Å². The van der Waals surface area contributed by atoms with Crippen molar-refractivity contribution in [3.05, 3.63) is 41.2 Å². The van der Waals surface area contributed by atoms with Crippen LogP contribution >= 0.6 is 0 Å². The Labute approximate surface area is 111 Å². The number of aryl methyl sites for hydroxylation is 1. The number of carbonyl (C=O) groups is 1. The molecule has 19 heavy (non-hydrogen) atoms. The lowest BCUT2D eigenvalue weighted by Crippen LogP contribution is -2.20. The molecule has 0 saturated heterocycles. The van der Waals surface area contributed by atoms with Gasteiger partial charge in [-0.2, -0.15) is 0 Å². The Balaban J connectivity index is 2.87. The zero-order chi connectivity index (χ0) is 14.4. The third-order valence-electron chi connectivity index (χ3n) is 2.52. The Kier molecular flexibility index (Phi) is 5.23. The van der Waals surface area contributed by atoms with Crippen LogP contribution in [0.4, 0.5) is 4.39 Å². The van der Waals surface area contributed by atoms with Gasteiger partial charge in [-0.1, -0.05) is 6.08 Å². The molecule has 0 aliphatic rings. The molecule has 0 fully saturated rings. The van der Waals surface area contributed by atoms with Crippen LogP contribution in [-0.2, 0) is 4.79 Å². The third-order valence-corrected chi connectivity index (χ3v) is 2.52. The molecule has 5 heteroatoms. The summed E-state index contributed by atoms with van der Waals surface area (Å²) in [5.74, 6) is -0.742. The zero-order valence-corrected chi connectivity index (χ0v) is 11.2. The fourth-order valence-corrected chi connectivity index (χ4v) is 1.54. The number of allylic oxidation sites excluding steroid dienone is 1. The summed E-state index contributed by atoms with van der Waals surface area (Å²) in [5, 5.41) is 11.6. The molecule has 0 aliphatic heterocycles. The van der Waals surface area contributed by atoms with Gasteiger partial charge in [0.15, 0.2) is 0 Å². The number of halogens is 1. The maximum absolute atomic E-state index is 13.2. The fraction of sp³-hybridized carbons (Fsp3) is 0.286. The second-order valence-electron chi connectivity index (χ2n) is 4.09. The van der Waals surface area contributed by atoms with E-state index in [0.717, 1.165) is 11.3 Å². The van der Waals surface area contributed by atoms with Crippen LogP contribution in [0.1, 0.15) is 25.0 Å². The summed E-state index contributed by atoms with van der Waals surface area (Å²) in [4.78, 5) is 14.3. The molecule has 0 bridgehead atoms. The van der Waals surface area contributed by atoms with Crippen molar-refractivity contribution in [3.63, 3.8) is 0 Å². The van der Waals surface area contributed by atoms with E-state index in [9.17, 15) is 9.18 Å². The summed E-state index contributed by atoms with van der Waals surface area (Å²) in [6, 6.07) is 4.79. The highest BCUT2D eigenvalue weighted by molar-refractivity contribution is 5.90. The summed E-state index contributed by atoms with van der Waals surface area (Å²) in [6.07, 6.45) is 1.83. The van der Waals surface area contributed by atoms with Gasteiger partial charge in [0.2, 0.25) is 0 Å². The number of carboxylic acids is 1. The van der Waals surface area contributed by atoms with E-state index in [4.69, 9.17) is 5.11 Å². The van der Waals surface area contributed by atoms with Gasteiger partial charge in [0.25, 0.3) is 0 Å². The van der Waals surface area contributed by atoms with E-state index < -0.39 is 5.97 Å². The minimum atomic E-state index is -0.985. The van der Waals surface area contributed by atoms with Crippen LogP contribution in [0.5, 0.6) is 0 Å². The van der Waals surface area contributed by atoms with Crippen molar-refractivity contribution in [2.75, 3.05) is 6.54 Å². The molecule has 102 valence electrons. The van der Waals surface area contributed by atoms with Gasteiger partial charge >= 0.3 is 5.97 Å². The maximum atomic E-state index is 13.2. The van der Waals surface area contributed by atoms with E-state index in [1.807, 2.05) is 13.0 Å². The van der Waals surface area contributed by atoms with E-state index in [1.54, 1.807) is 26.0 Å². The highest BCUT2D eigenvalue weighted by atomic mass is 19.1. The highest BCUT2D eigenvalue weighted by Gasteiger charge is 2.05. The van der Waals surface area contributed by atoms with Crippen LogP contribution in [0.3, 0.4) is 0 Å². The van der Waals surface area contributed by atoms with Gasteiger partial charge in [-0.25, -0.2) is 4.39 Å². The normalized spacial score (nSPS) is 12.4. The van der Waals surface area contributed by atoms with Crippen molar-refractivity contribution in [1.29, 1.82) is 0 Å². The molecule has 0 saturated carbocycles. The number of aliphatic carboxylic acids is 1. The molecule has 0 spiro atoms. The summed E-state index contributed by atoms with van der Waals surface area (Å²) in [7, 11) is 0. The van der Waals surface area contributed by atoms with Crippen molar-refractivity contribution in [2.45, 2.75) is 20.8 Å². The second-order valence-corrected chi connectivity index (χ2v) is 4.09. The first-order valence-corrected chi connectivity index (χ1v) is 5.86. The number of hydrogen-bond donors (Lipinski definition) is 2. The SMILES string of the molecule is CC=C(NC(C)=NCC(=O)O)c1ccc(F)c(C)c1. The lowest BCUT2D eigenvalue weighted by atomic mass is 10.1. The van der Waals surface area contributed by atoms with Gasteiger partial charge in [-0.15, -0.1) is 0 Å². The zero-order valence-electron chi connectivity index (χ0n) is 11.2. The Hall–Kier alpha value is -2.17. The first kappa shape index (κ1) is 14.9. The maximum Gasteiger partial charge on any atom is 0.325 e. The van der Waals surface area contributed by atoms with Gasteiger partial charge in [-0.3, -0.25) is 9.79 Å². The number of hydrogen-bond acceptors (Lipinski definition) is 2. The van der Waals surface area contributed by atoms with Crippen molar-refractivity contribution in [3.8, 4) is 0 Å². The summed E-state index contributed by atoms with van der Waals surface area (Å²) in [5.41, 5.74) is 2.14. The van der Waals surface area contributed by atoms with E-state index in [0.29, 0.717) is 11.4 Å². The molecule has 1 aromatic carbocycles. The van der Waals surface area contributed by atoms with Gasteiger partial charge in [0.05, 0.1) is 5.84 Å². The monoisotopic (exact) mass is 264 g/mol. The summed E-state index contributed by atoms with van der Waals surface area (Å²) in [6.45, 7) is 4.93. The van der Waals surface area contributed by atoms with Gasteiger partial charge in [0.1, 0.15) is 12.4 Å². The Morgan fingerprint density at radius 3 is 2.74 bits per heavy atom. The van der Waals surface area contributed by atoms with E-state index in [2.05, 4.69) is 10.3 Å². The molecule has 0 radical (unpaired) electrons. The molecule has 0 aliphatic carbocycles. The van der Waals surface area contributed by atoms with E-state index >= 15 is 0 Å². The molecular weight excluding hydrogens is 247 g/mol. The summed E-state index contributed by atoms with van der Waals surface area (Å²) >= 11 is 0. The molecule has 2 N–H and O–H groups in total. The van der Waals surface area contributed by atoms with Gasteiger partial charge in [-0.05, 0) is 50.1 Å². The van der Waals surface area contributed by atoms with Crippen molar-refractivity contribution in [2.24, 2.45) is 4.99 Å². The molecule has 0 atom stereocenters. The summed E-state index contributed by atoms with van der Waals surface area (Å²) < 4.78 is 13.2. The molecule has 0 amide bonds. The molecule has 1 aromatic rings. The van der Waals surface area contributed by atoms with Crippen molar-refractivity contribution < 1.29 is 14.3 Å². The second kappa shape index (κ2) is 6.68. The minimum absolute atomic E-state index is 0.254. The van der Waals surface area contributed by atoms with Crippen LogP contribution in [-0.4, -0.2) is 23.5 Å². The third kappa shape index (κ3) is 4.54. The van der Waals surface area contributed by atoms with Gasteiger partial charge in [0, 0.05) is 5.70 Å². The predicted octanol–water partition coefficient (Wildman–Crippen LogP) is 2.59. The quantitative estimate of drug-likeness (QED) is 0.649. The Morgan fingerprint density at radius 2 is 2.21 bits per heavy atom. The molecule has 0 aromatic heterocycles. The number of benzene rings is 1. The molecule has 0 unspecified atom stereocenters. The average molecular weight is 264 g/mol. The van der Waals surface area contributed by atoms with Crippen LogP contribution in [0, 0.1) is 12.7 Å². The number of rotatable bonds is 4. The van der Waals surface area contributed by atoms with Gasteiger partial charge < -0.3 is 10.4 Å². The standard InChI is InChI=1S/C14H17FN2O2/c1-4-13(17-10(3)16-8-14(18)19)11-5-6-12(15)9(2)7-11/h4-7H,8H2,1-3H3,(H,16,17)(H,18,19). The molecular formula is C14H17FN2O2. The largest absolute Gasteiger partial charge is 0.480 e. The van der Waals surface area contributed by atoms with Crippen molar-refractivity contribution in [1.82, 2.24) is 5.32 Å². The highest BCUT2D eigenvalue weighted by Crippen LogP contribution is 2.15. The van der Waals surface area contributed by atoms with Crippen LogP contribution in [0.2, 0.25) is 0 Å². The van der Waals surface area contributed by atoms with Crippen LogP contribution in [0.15, 0.2) is 29.3 Å². The first-order valence-electron chi connectivity index (χ1n) is 5.86. The number of nitrogens with one attached hydrogen (secondary N) is 1. The smallest absolute Gasteiger partial charge is 0.325 e. The lowest BCUT2D eigenvalue weighted by Gasteiger charge is -2.11. The average Bonchev–Trinajstić information content (AvgIpc) is 2.37. The predicted molar refractivity (Wildman–Crippen MR) is 73.5 cm³/mol. The Bertz CT molecular complexity index is 536. The number of carboxylic acid groups (broad SMARTS) is 1. The van der Waals surface area contributed by atoms with E-state index in [1.165, 1.54) is 6.07 Å². The number of nitrogens with zero attached hydrogens (tertiary/aromatic N) is 1. The molecule has 1 rings (SSSR count). The minimum Gasteiger partial charge on any atom is -0.480 e. The molecule has 4 nitrogen and oxygen atoms in total. The van der Waals surface area contributed by atoms with E-state index in [-0.39, 0.29) is 12.4 Å².